The maximum Gasteiger partial charge on any atom is 0.407 e. The zero-order chi connectivity index (χ0) is 23.1. The maximum atomic E-state index is 12.0. The standard InChI is InChI=1S/C22H23N3O7/c26-18(21(29)30)9-23-19(27)10-24-20(28)11-25-22(31)32-12-17-15-7-3-1-5-13(15)14-6-2-4-8-16(14)17/h1-8,17-18,26H,9-12H2,(H,23,27)(H,24,28)(H,25,31)(H,29,30). The molecule has 0 aliphatic heterocycles. The van der Waals surface area contributed by atoms with Gasteiger partial charge in [-0.1, -0.05) is 48.5 Å². The van der Waals surface area contributed by atoms with E-state index in [-0.39, 0.29) is 12.5 Å². The number of nitrogens with one attached hydrogen (secondary N) is 3. The molecule has 0 spiro atoms. The molecular formula is C22H23N3O7. The van der Waals surface area contributed by atoms with E-state index in [1.165, 1.54) is 0 Å². The van der Waals surface area contributed by atoms with Crippen LogP contribution in [0.5, 0.6) is 0 Å². The molecule has 0 heterocycles. The lowest BCUT2D eigenvalue weighted by Gasteiger charge is -2.14. The quantitative estimate of drug-likeness (QED) is 0.372. The molecule has 0 saturated carbocycles. The zero-order valence-corrected chi connectivity index (χ0v) is 17.0. The van der Waals surface area contributed by atoms with Gasteiger partial charge >= 0.3 is 12.1 Å². The highest BCUT2D eigenvalue weighted by molar-refractivity contribution is 5.87. The molecule has 2 aromatic rings. The Labute approximate surface area is 183 Å². The van der Waals surface area contributed by atoms with Crippen LogP contribution in [0, 0.1) is 0 Å². The molecule has 10 heteroatoms. The number of rotatable bonds is 9. The van der Waals surface area contributed by atoms with Gasteiger partial charge in [0.15, 0.2) is 6.10 Å². The van der Waals surface area contributed by atoms with Gasteiger partial charge in [-0.05, 0) is 22.3 Å². The van der Waals surface area contributed by atoms with Crippen molar-refractivity contribution >= 4 is 23.9 Å². The van der Waals surface area contributed by atoms with Crippen molar-refractivity contribution in [2.45, 2.75) is 12.0 Å². The van der Waals surface area contributed by atoms with Gasteiger partial charge in [-0.15, -0.1) is 0 Å². The summed E-state index contributed by atoms with van der Waals surface area (Å²) in [7, 11) is 0. The molecule has 5 N–H and O–H groups in total. The number of aliphatic hydroxyl groups is 1. The minimum atomic E-state index is -1.73. The molecule has 3 rings (SSSR count). The van der Waals surface area contributed by atoms with Crippen LogP contribution in [0.4, 0.5) is 4.79 Å². The summed E-state index contributed by atoms with van der Waals surface area (Å²) in [5.41, 5.74) is 4.34. The van der Waals surface area contributed by atoms with E-state index in [9.17, 15) is 19.2 Å². The first kappa shape index (κ1) is 22.8. The third kappa shape index (κ3) is 5.61. The van der Waals surface area contributed by atoms with Crippen LogP contribution in [-0.2, 0) is 19.1 Å². The molecule has 0 bridgehead atoms. The summed E-state index contributed by atoms with van der Waals surface area (Å²) in [6.07, 6.45) is -2.50. The molecule has 32 heavy (non-hydrogen) atoms. The maximum absolute atomic E-state index is 12.0. The third-order valence-electron chi connectivity index (χ3n) is 4.96. The van der Waals surface area contributed by atoms with Gasteiger partial charge in [0.25, 0.3) is 0 Å². The minimum absolute atomic E-state index is 0.105. The van der Waals surface area contributed by atoms with E-state index < -0.39 is 49.6 Å². The number of aliphatic hydroxyl groups excluding tert-OH is 1. The van der Waals surface area contributed by atoms with Crippen LogP contribution in [0.1, 0.15) is 17.0 Å². The van der Waals surface area contributed by atoms with E-state index in [2.05, 4.69) is 16.0 Å². The van der Waals surface area contributed by atoms with Crippen molar-refractivity contribution in [3.8, 4) is 11.1 Å². The van der Waals surface area contributed by atoms with E-state index in [1.54, 1.807) is 0 Å². The van der Waals surface area contributed by atoms with Crippen LogP contribution < -0.4 is 16.0 Å². The Morgan fingerprint density at radius 1 is 0.844 bits per heavy atom. The summed E-state index contributed by atoms with van der Waals surface area (Å²) >= 11 is 0. The van der Waals surface area contributed by atoms with E-state index in [0.717, 1.165) is 22.3 Å². The van der Waals surface area contributed by atoms with Crippen molar-refractivity contribution in [3.63, 3.8) is 0 Å². The fraction of sp³-hybridized carbons (Fsp3) is 0.273. The molecule has 0 saturated heterocycles. The SMILES string of the molecule is O=C(CNC(=O)CNC(=O)OCC1c2ccccc2-c2ccccc21)NCC(O)C(=O)O. The summed E-state index contributed by atoms with van der Waals surface area (Å²) in [6, 6.07) is 15.8. The number of carboxylic acids is 1. The Balaban J connectivity index is 1.41. The van der Waals surface area contributed by atoms with Gasteiger partial charge in [0.1, 0.15) is 13.2 Å². The molecule has 1 aliphatic carbocycles. The molecule has 1 atom stereocenters. The normalized spacial score (nSPS) is 12.8. The minimum Gasteiger partial charge on any atom is -0.479 e. The Morgan fingerprint density at radius 3 is 1.97 bits per heavy atom. The molecule has 168 valence electrons. The second-order valence-electron chi connectivity index (χ2n) is 7.11. The summed E-state index contributed by atoms with van der Waals surface area (Å²) in [5, 5.41) is 24.3. The van der Waals surface area contributed by atoms with Crippen LogP contribution >= 0.6 is 0 Å². The summed E-state index contributed by atoms with van der Waals surface area (Å²) < 4.78 is 5.31. The lowest BCUT2D eigenvalue weighted by Crippen LogP contribution is -2.44. The monoisotopic (exact) mass is 441 g/mol. The number of carbonyl (C=O) groups excluding carboxylic acids is 3. The van der Waals surface area contributed by atoms with Gasteiger partial charge in [0, 0.05) is 5.92 Å². The van der Waals surface area contributed by atoms with E-state index in [4.69, 9.17) is 14.9 Å². The molecule has 0 aromatic heterocycles. The fourth-order valence-electron chi connectivity index (χ4n) is 3.40. The Hall–Kier alpha value is -3.92. The Kier molecular flexibility index (Phi) is 7.40. The van der Waals surface area contributed by atoms with E-state index >= 15 is 0 Å². The van der Waals surface area contributed by atoms with Gasteiger partial charge in [0.05, 0.1) is 13.1 Å². The predicted octanol–water partition coefficient (Wildman–Crippen LogP) is 0.203. The van der Waals surface area contributed by atoms with Crippen LogP contribution in [-0.4, -0.2) is 66.4 Å². The zero-order valence-electron chi connectivity index (χ0n) is 17.0. The number of fused-ring (bicyclic) bond motifs is 3. The number of amides is 3. The number of hydrogen-bond acceptors (Lipinski definition) is 6. The molecular weight excluding hydrogens is 418 g/mol. The van der Waals surface area contributed by atoms with Crippen molar-refractivity contribution < 1.29 is 34.1 Å². The lowest BCUT2D eigenvalue weighted by atomic mass is 9.98. The molecule has 1 aliphatic rings. The smallest absolute Gasteiger partial charge is 0.407 e. The van der Waals surface area contributed by atoms with E-state index in [0.29, 0.717) is 0 Å². The first-order valence-electron chi connectivity index (χ1n) is 9.90. The Morgan fingerprint density at radius 2 is 1.38 bits per heavy atom. The van der Waals surface area contributed by atoms with Gasteiger partial charge < -0.3 is 30.9 Å². The molecule has 2 aromatic carbocycles. The van der Waals surface area contributed by atoms with Crippen molar-refractivity contribution in [2.75, 3.05) is 26.2 Å². The first-order valence-corrected chi connectivity index (χ1v) is 9.90. The van der Waals surface area contributed by atoms with Crippen LogP contribution in [0.25, 0.3) is 11.1 Å². The van der Waals surface area contributed by atoms with Crippen LogP contribution in [0.3, 0.4) is 0 Å². The highest BCUT2D eigenvalue weighted by atomic mass is 16.5. The number of aliphatic carboxylic acids is 1. The van der Waals surface area contributed by atoms with Crippen LogP contribution in [0.15, 0.2) is 48.5 Å². The van der Waals surface area contributed by atoms with Gasteiger partial charge in [-0.25, -0.2) is 9.59 Å². The van der Waals surface area contributed by atoms with Gasteiger partial charge in [-0.3, -0.25) is 9.59 Å². The van der Waals surface area contributed by atoms with Crippen LogP contribution in [0.2, 0.25) is 0 Å². The second-order valence-corrected chi connectivity index (χ2v) is 7.11. The number of ether oxygens (including phenoxy) is 1. The number of benzene rings is 2. The fourth-order valence-corrected chi connectivity index (χ4v) is 3.40. The topological polar surface area (TPSA) is 154 Å². The van der Waals surface area contributed by atoms with Crippen molar-refractivity contribution in [3.05, 3.63) is 59.7 Å². The third-order valence-corrected chi connectivity index (χ3v) is 4.96. The number of carbonyl (C=O) groups is 4. The lowest BCUT2D eigenvalue weighted by molar-refractivity contribution is -0.146. The molecule has 0 radical (unpaired) electrons. The second kappa shape index (κ2) is 10.4. The highest BCUT2D eigenvalue weighted by Crippen LogP contribution is 2.44. The van der Waals surface area contributed by atoms with Gasteiger partial charge in [0.2, 0.25) is 11.8 Å². The highest BCUT2D eigenvalue weighted by Gasteiger charge is 2.29. The van der Waals surface area contributed by atoms with Gasteiger partial charge in [-0.2, -0.15) is 0 Å². The predicted molar refractivity (Wildman–Crippen MR) is 113 cm³/mol. The average Bonchev–Trinajstić information content (AvgIpc) is 3.12. The van der Waals surface area contributed by atoms with Crippen molar-refractivity contribution in [2.24, 2.45) is 0 Å². The number of carboxylic acid groups (broad SMARTS) is 1. The average molecular weight is 441 g/mol. The summed E-state index contributed by atoms with van der Waals surface area (Å²) in [5.74, 6) is -2.89. The molecule has 3 amide bonds. The number of alkyl carbamates (subject to hydrolysis) is 1. The molecule has 0 fully saturated rings. The Bertz CT molecular complexity index is 979. The van der Waals surface area contributed by atoms with E-state index in [1.807, 2.05) is 48.5 Å². The molecule has 1 unspecified atom stereocenters. The van der Waals surface area contributed by atoms with Crippen molar-refractivity contribution in [1.82, 2.24) is 16.0 Å². The summed E-state index contributed by atoms with van der Waals surface area (Å²) in [6.45, 7) is -1.21. The van der Waals surface area contributed by atoms with Crippen molar-refractivity contribution in [1.29, 1.82) is 0 Å². The largest absolute Gasteiger partial charge is 0.479 e. The number of hydrogen-bond donors (Lipinski definition) is 5. The molecule has 10 nitrogen and oxygen atoms in total. The first-order chi connectivity index (χ1) is 15.4. The summed E-state index contributed by atoms with van der Waals surface area (Å²) in [4.78, 5) is 45.8.